The first-order chi connectivity index (χ1) is 8.45. The van der Waals surface area contributed by atoms with Crippen LogP contribution >= 0.6 is 0 Å². The van der Waals surface area contributed by atoms with Crippen molar-refractivity contribution in [1.82, 2.24) is 20.4 Å². The molecule has 4 amide bonds. The number of piperazine rings is 1. The van der Waals surface area contributed by atoms with E-state index < -0.39 is 6.03 Å². The molecule has 7 heteroatoms. The molecular weight excluding hydrogens is 236 g/mol. The van der Waals surface area contributed by atoms with E-state index in [0.717, 1.165) is 0 Å². The van der Waals surface area contributed by atoms with Gasteiger partial charge in [0.25, 0.3) is 0 Å². The molecule has 0 saturated carbocycles. The fourth-order valence-corrected chi connectivity index (χ4v) is 2.40. The van der Waals surface area contributed by atoms with Crippen LogP contribution < -0.4 is 10.6 Å². The maximum atomic E-state index is 12.1. The highest BCUT2D eigenvalue weighted by Crippen LogP contribution is 2.06. The van der Waals surface area contributed by atoms with Gasteiger partial charge in [0.2, 0.25) is 11.8 Å². The minimum Gasteiger partial charge on any atom is -0.338 e. The Balaban J connectivity index is 1.91. The van der Waals surface area contributed by atoms with E-state index in [1.807, 2.05) is 13.8 Å². The molecule has 2 heterocycles. The number of carbonyl (C=O) groups is 3. The van der Waals surface area contributed by atoms with Crippen molar-refractivity contribution in [3.63, 3.8) is 0 Å². The number of nitrogens with one attached hydrogen (secondary N) is 2. The Morgan fingerprint density at radius 1 is 1.28 bits per heavy atom. The molecule has 2 aliphatic heterocycles. The molecule has 18 heavy (non-hydrogen) atoms. The first-order valence-corrected chi connectivity index (χ1v) is 6.08. The summed E-state index contributed by atoms with van der Waals surface area (Å²) in [5, 5.41) is 5.49. The standard InChI is InChI=1S/C11H18N4O3/c1-7-3-14(4-8(2)12-7)10(17)6-15-5-9(16)13-11(15)18/h7-8,12H,3-6H2,1-2H3,(H,13,16,18)/t7-,8+. The van der Waals surface area contributed by atoms with E-state index in [0.29, 0.717) is 13.1 Å². The van der Waals surface area contributed by atoms with Gasteiger partial charge in [-0.3, -0.25) is 14.9 Å². The van der Waals surface area contributed by atoms with Crippen molar-refractivity contribution in [2.45, 2.75) is 25.9 Å². The molecule has 2 atom stereocenters. The SMILES string of the molecule is C[C@@H]1CN(C(=O)CN2CC(=O)NC2=O)C[C@H](C)N1. The Kier molecular flexibility index (Phi) is 3.51. The maximum Gasteiger partial charge on any atom is 0.325 e. The van der Waals surface area contributed by atoms with Crippen molar-refractivity contribution < 1.29 is 14.4 Å². The van der Waals surface area contributed by atoms with Gasteiger partial charge in [-0.15, -0.1) is 0 Å². The highest BCUT2D eigenvalue weighted by Gasteiger charge is 2.31. The van der Waals surface area contributed by atoms with E-state index in [1.54, 1.807) is 4.90 Å². The second kappa shape index (κ2) is 4.93. The van der Waals surface area contributed by atoms with Gasteiger partial charge in [0.15, 0.2) is 0 Å². The molecule has 0 spiro atoms. The zero-order valence-electron chi connectivity index (χ0n) is 10.6. The van der Waals surface area contributed by atoms with Crippen molar-refractivity contribution >= 4 is 17.8 Å². The van der Waals surface area contributed by atoms with Crippen LogP contribution in [0.15, 0.2) is 0 Å². The molecule has 2 aliphatic rings. The third kappa shape index (κ3) is 2.79. The van der Waals surface area contributed by atoms with E-state index in [2.05, 4.69) is 10.6 Å². The quantitative estimate of drug-likeness (QED) is 0.603. The van der Waals surface area contributed by atoms with Crippen LogP contribution in [0.4, 0.5) is 4.79 Å². The van der Waals surface area contributed by atoms with Gasteiger partial charge >= 0.3 is 6.03 Å². The summed E-state index contributed by atoms with van der Waals surface area (Å²) < 4.78 is 0. The fraction of sp³-hybridized carbons (Fsp3) is 0.727. The van der Waals surface area contributed by atoms with Crippen LogP contribution in [0.25, 0.3) is 0 Å². The topological polar surface area (TPSA) is 81.8 Å². The zero-order valence-corrected chi connectivity index (χ0v) is 10.6. The minimum absolute atomic E-state index is 0.0260. The average molecular weight is 254 g/mol. The normalized spacial score (nSPS) is 28.6. The van der Waals surface area contributed by atoms with Gasteiger partial charge in [0.1, 0.15) is 13.1 Å². The lowest BCUT2D eigenvalue weighted by Gasteiger charge is -2.36. The summed E-state index contributed by atoms with van der Waals surface area (Å²) in [5.74, 6) is -0.463. The largest absolute Gasteiger partial charge is 0.338 e. The number of amides is 4. The summed E-state index contributed by atoms with van der Waals surface area (Å²) in [5.41, 5.74) is 0. The van der Waals surface area contributed by atoms with Crippen LogP contribution in [0, 0.1) is 0 Å². The Labute approximate surface area is 105 Å². The predicted molar refractivity (Wildman–Crippen MR) is 63.8 cm³/mol. The van der Waals surface area contributed by atoms with Crippen molar-refractivity contribution in [2.75, 3.05) is 26.2 Å². The van der Waals surface area contributed by atoms with Crippen molar-refractivity contribution in [3.05, 3.63) is 0 Å². The molecular formula is C11H18N4O3. The minimum atomic E-state index is -0.482. The lowest BCUT2D eigenvalue weighted by molar-refractivity contribution is -0.133. The van der Waals surface area contributed by atoms with Gasteiger partial charge in [0.05, 0.1) is 0 Å². The van der Waals surface area contributed by atoms with Crippen LogP contribution in [0.2, 0.25) is 0 Å². The van der Waals surface area contributed by atoms with E-state index >= 15 is 0 Å². The molecule has 0 aromatic rings. The van der Waals surface area contributed by atoms with Crippen molar-refractivity contribution in [3.8, 4) is 0 Å². The Morgan fingerprint density at radius 2 is 1.89 bits per heavy atom. The van der Waals surface area contributed by atoms with Gasteiger partial charge in [-0.25, -0.2) is 4.79 Å². The second-order valence-corrected chi connectivity index (χ2v) is 4.98. The Bertz CT molecular complexity index is 374. The molecule has 0 aromatic heterocycles. The van der Waals surface area contributed by atoms with E-state index in [4.69, 9.17) is 0 Å². The molecule has 2 saturated heterocycles. The summed E-state index contributed by atoms with van der Waals surface area (Å²) in [6.45, 7) is 5.24. The third-order valence-electron chi connectivity index (χ3n) is 3.10. The lowest BCUT2D eigenvalue weighted by atomic mass is 10.1. The molecule has 0 radical (unpaired) electrons. The van der Waals surface area contributed by atoms with Crippen LogP contribution in [0.1, 0.15) is 13.8 Å². The number of nitrogens with zero attached hydrogens (tertiary/aromatic N) is 2. The number of rotatable bonds is 2. The number of hydrogen-bond donors (Lipinski definition) is 2. The van der Waals surface area contributed by atoms with Gasteiger partial charge in [-0.05, 0) is 13.8 Å². The molecule has 100 valence electrons. The van der Waals surface area contributed by atoms with Crippen LogP contribution in [0.3, 0.4) is 0 Å². The average Bonchev–Trinajstić information content (AvgIpc) is 2.56. The van der Waals surface area contributed by atoms with Gasteiger partial charge in [-0.1, -0.05) is 0 Å². The molecule has 0 aromatic carbocycles. The molecule has 0 aliphatic carbocycles. The second-order valence-electron chi connectivity index (χ2n) is 4.98. The van der Waals surface area contributed by atoms with Gasteiger partial charge in [-0.2, -0.15) is 0 Å². The Morgan fingerprint density at radius 3 is 2.39 bits per heavy atom. The molecule has 7 nitrogen and oxygen atoms in total. The van der Waals surface area contributed by atoms with Crippen LogP contribution in [0.5, 0.6) is 0 Å². The summed E-state index contributed by atoms with van der Waals surface area (Å²) >= 11 is 0. The summed E-state index contributed by atoms with van der Waals surface area (Å²) in [6.07, 6.45) is 0. The van der Waals surface area contributed by atoms with Crippen molar-refractivity contribution in [1.29, 1.82) is 0 Å². The first kappa shape index (κ1) is 12.8. The molecule has 2 fully saturated rings. The maximum absolute atomic E-state index is 12.1. The third-order valence-corrected chi connectivity index (χ3v) is 3.10. The predicted octanol–water partition coefficient (Wildman–Crippen LogP) is -1.25. The van der Waals surface area contributed by atoms with E-state index in [-0.39, 0.29) is 37.0 Å². The van der Waals surface area contributed by atoms with E-state index in [9.17, 15) is 14.4 Å². The van der Waals surface area contributed by atoms with E-state index in [1.165, 1.54) is 4.90 Å². The molecule has 0 unspecified atom stereocenters. The molecule has 2 rings (SSSR count). The van der Waals surface area contributed by atoms with Crippen LogP contribution in [-0.4, -0.2) is 65.9 Å². The summed E-state index contributed by atoms with van der Waals surface area (Å²) in [7, 11) is 0. The lowest BCUT2D eigenvalue weighted by Crippen LogP contribution is -2.57. The molecule has 2 N–H and O–H groups in total. The highest BCUT2D eigenvalue weighted by atomic mass is 16.2. The fourth-order valence-electron chi connectivity index (χ4n) is 2.40. The first-order valence-electron chi connectivity index (χ1n) is 6.08. The van der Waals surface area contributed by atoms with Crippen molar-refractivity contribution in [2.24, 2.45) is 0 Å². The summed E-state index contributed by atoms with van der Waals surface area (Å²) in [4.78, 5) is 37.4. The van der Waals surface area contributed by atoms with Crippen LogP contribution in [-0.2, 0) is 9.59 Å². The Hall–Kier alpha value is -1.63. The highest BCUT2D eigenvalue weighted by molar-refractivity contribution is 6.03. The number of urea groups is 1. The smallest absolute Gasteiger partial charge is 0.325 e. The number of hydrogen-bond acceptors (Lipinski definition) is 4. The van der Waals surface area contributed by atoms with Gasteiger partial charge < -0.3 is 15.1 Å². The summed E-state index contributed by atoms with van der Waals surface area (Å²) in [6, 6.07) is 0.00283. The van der Waals surface area contributed by atoms with Gasteiger partial charge in [0, 0.05) is 25.2 Å². The zero-order chi connectivity index (χ0) is 13.3. The molecule has 0 bridgehead atoms. The monoisotopic (exact) mass is 254 g/mol. The number of imide groups is 1. The number of carbonyl (C=O) groups excluding carboxylic acids is 3.